The molecule has 5 nitrogen and oxygen atoms in total. The van der Waals surface area contributed by atoms with E-state index in [4.69, 9.17) is 5.84 Å². The van der Waals surface area contributed by atoms with E-state index in [2.05, 4.69) is 5.32 Å². The molecule has 1 aliphatic heterocycles. The molecule has 150 valence electrons. The zero-order valence-electron chi connectivity index (χ0n) is 15.8. The van der Waals surface area contributed by atoms with Crippen LogP contribution >= 0.6 is 0 Å². The summed E-state index contributed by atoms with van der Waals surface area (Å²) in [6.45, 7) is 2.38. The number of nitrogens with one attached hydrogen (secondary N) is 1. The van der Waals surface area contributed by atoms with Crippen LogP contribution < -0.4 is 11.2 Å². The fourth-order valence-corrected chi connectivity index (χ4v) is 4.10. The van der Waals surface area contributed by atoms with E-state index in [-0.39, 0.29) is 18.6 Å². The van der Waals surface area contributed by atoms with Gasteiger partial charge in [-0.05, 0) is 49.3 Å². The molecule has 1 saturated carbocycles. The van der Waals surface area contributed by atoms with Crippen LogP contribution in [0.3, 0.4) is 0 Å². The number of halogens is 2. The van der Waals surface area contributed by atoms with Crippen LogP contribution in [-0.4, -0.2) is 41.6 Å². The largest absolute Gasteiger partial charge is 0.335 e. The van der Waals surface area contributed by atoms with Crippen molar-refractivity contribution in [3.8, 4) is 0 Å². The minimum Gasteiger partial charge on any atom is -0.335 e. The van der Waals surface area contributed by atoms with Gasteiger partial charge in [0.15, 0.2) is 0 Å². The lowest BCUT2D eigenvalue weighted by Crippen LogP contribution is -2.48. The van der Waals surface area contributed by atoms with Gasteiger partial charge in [-0.1, -0.05) is 19.3 Å². The number of hydrogen-bond donors (Lipinski definition) is 2. The Bertz CT molecular complexity index is 608. The Labute approximate surface area is 159 Å². The SMILES string of the molecule is NN1CCC(CN(Cc2cc(F)cc(F)c2)C(=O)NC2CCCCC2)CC1. The van der Waals surface area contributed by atoms with Crippen LogP contribution in [0.2, 0.25) is 0 Å². The van der Waals surface area contributed by atoms with Crippen LogP contribution in [0.5, 0.6) is 0 Å². The van der Waals surface area contributed by atoms with Crippen molar-refractivity contribution in [3.63, 3.8) is 0 Å². The van der Waals surface area contributed by atoms with Crippen LogP contribution in [0, 0.1) is 17.6 Å². The fourth-order valence-electron chi connectivity index (χ4n) is 4.10. The van der Waals surface area contributed by atoms with Crippen molar-refractivity contribution >= 4 is 6.03 Å². The third-order valence-corrected chi connectivity index (χ3v) is 5.64. The van der Waals surface area contributed by atoms with Gasteiger partial charge < -0.3 is 10.2 Å². The van der Waals surface area contributed by atoms with Gasteiger partial charge in [-0.25, -0.2) is 18.6 Å². The lowest BCUT2D eigenvalue weighted by molar-refractivity contribution is 0.141. The number of urea groups is 1. The van der Waals surface area contributed by atoms with Gasteiger partial charge >= 0.3 is 6.03 Å². The second-order valence-electron chi connectivity index (χ2n) is 7.92. The molecule has 0 atom stereocenters. The van der Waals surface area contributed by atoms with Gasteiger partial charge in [0.25, 0.3) is 0 Å². The first kappa shape index (κ1) is 20.0. The predicted octanol–water partition coefficient (Wildman–Crippen LogP) is 3.39. The summed E-state index contributed by atoms with van der Waals surface area (Å²) in [6.07, 6.45) is 7.32. The predicted molar refractivity (Wildman–Crippen MR) is 101 cm³/mol. The number of carbonyl (C=O) groups excluding carboxylic acids is 1. The lowest BCUT2D eigenvalue weighted by Gasteiger charge is -2.34. The van der Waals surface area contributed by atoms with Gasteiger partial charge in [0.1, 0.15) is 11.6 Å². The third kappa shape index (κ3) is 6.14. The molecule has 0 spiro atoms. The Hall–Kier alpha value is -1.73. The van der Waals surface area contributed by atoms with E-state index in [1.54, 1.807) is 9.91 Å². The number of carbonyl (C=O) groups is 1. The van der Waals surface area contributed by atoms with Crippen molar-refractivity contribution in [2.45, 2.75) is 57.5 Å². The first-order valence-corrected chi connectivity index (χ1v) is 9.99. The molecular weight excluding hydrogens is 350 g/mol. The number of nitrogens with two attached hydrogens (primary N) is 1. The van der Waals surface area contributed by atoms with E-state index < -0.39 is 11.6 Å². The topological polar surface area (TPSA) is 61.6 Å². The van der Waals surface area contributed by atoms with E-state index >= 15 is 0 Å². The molecular formula is C20H30F2N4O. The molecule has 3 rings (SSSR count). The quantitative estimate of drug-likeness (QED) is 0.770. The Balaban J connectivity index is 1.67. The average molecular weight is 380 g/mol. The van der Waals surface area contributed by atoms with Crippen molar-refractivity contribution in [3.05, 3.63) is 35.4 Å². The summed E-state index contributed by atoms with van der Waals surface area (Å²) in [5, 5.41) is 4.93. The molecule has 2 fully saturated rings. The Morgan fingerprint density at radius 3 is 2.33 bits per heavy atom. The van der Waals surface area contributed by atoms with Crippen molar-refractivity contribution in [2.75, 3.05) is 19.6 Å². The van der Waals surface area contributed by atoms with E-state index in [1.807, 2.05) is 0 Å². The molecule has 1 saturated heterocycles. The third-order valence-electron chi connectivity index (χ3n) is 5.64. The molecule has 2 aliphatic rings. The zero-order valence-corrected chi connectivity index (χ0v) is 15.8. The number of hydrazine groups is 1. The van der Waals surface area contributed by atoms with Gasteiger partial charge in [-0.3, -0.25) is 5.84 Å². The van der Waals surface area contributed by atoms with Gasteiger partial charge in [0.05, 0.1) is 0 Å². The minimum absolute atomic E-state index is 0.137. The summed E-state index contributed by atoms with van der Waals surface area (Å²) < 4.78 is 27.2. The summed E-state index contributed by atoms with van der Waals surface area (Å²) in [5.41, 5.74) is 0.475. The highest BCUT2D eigenvalue weighted by Crippen LogP contribution is 2.21. The van der Waals surface area contributed by atoms with Crippen LogP contribution in [-0.2, 0) is 6.54 Å². The number of benzene rings is 1. The molecule has 2 amide bonds. The van der Waals surface area contributed by atoms with Crippen molar-refractivity contribution < 1.29 is 13.6 Å². The Morgan fingerprint density at radius 2 is 1.70 bits per heavy atom. The second kappa shape index (κ2) is 9.46. The highest BCUT2D eigenvalue weighted by Gasteiger charge is 2.25. The smallest absolute Gasteiger partial charge is 0.317 e. The van der Waals surface area contributed by atoms with Crippen LogP contribution in [0.4, 0.5) is 13.6 Å². The van der Waals surface area contributed by atoms with Gasteiger partial charge in [-0.15, -0.1) is 0 Å². The number of hydrogen-bond acceptors (Lipinski definition) is 3. The highest BCUT2D eigenvalue weighted by molar-refractivity contribution is 5.74. The van der Waals surface area contributed by atoms with Gasteiger partial charge in [0.2, 0.25) is 0 Å². The molecule has 0 bridgehead atoms. The number of nitrogens with zero attached hydrogens (tertiary/aromatic N) is 2. The molecule has 3 N–H and O–H groups in total. The summed E-state index contributed by atoms with van der Waals surface area (Å²) in [5.74, 6) is 4.94. The van der Waals surface area contributed by atoms with E-state index in [0.29, 0.717) is 18.0 Å². The molecule has 1 aromatic rings. The van der Waals surface area contributed by atoms with Gasteiger partial charge in [0, 0.05) is 38.3 Å². The molecule has 1 aliphatic carbocycles. The van der Waals surface area contributed by atoms with Crippen molar-refractivity contribution in [1.82, 2.24) is 15.2 Å². The van der Waals surface area contributed by atoms with Crippen LogP contribution in [0.1, 0.15) is 50.5 Å². The molecule has 0 aromatic heterocycles. The van der Waals surface area contributed by atoms with E-state index in [9.17, 15) is 13.6 Å². The van der Waals surface area contributed by atoms with Crippen molar-refractivity contribution in [2.24, 2.45) is 11.8 Å². The standard InChI is InChI=1S/C20H30F2N4O/c21-17-10-16(11-18(22)12-17)14-25(13-15-6-8-26(23)9-7-15)20(27)24-19-4-2-1-3-5-19/h10-12,15,19H,1-9,13-14,23H2,(H,24,27). The second-order valence-corrected chi connectivity index (χ2v) is 7.92. The Kier molecular flexibility index (Phi) is 7.01. The monoisotopic (exact) mass is 380 g/mol. The minimum atomic E-state index is -0.617. The lowest BCUT2D eigenvalue weighted by atomic mass is 9.95. The summed E-state index contributed by atoms with van der Waals surface area (Å²) >= 11 is 0. The normalized spacial score (nSPS) is 19.8. The maximum Gasteiger partial charge on any atom is 0.317 e. The fraction of sp³-hybridized carbons (Fsp3) is 0.650. The van der Waals surface area contributed by atoms with Crippen LogP contribution in [0.15, 0.2) is 18.2 Å². The number of amides is 2. The molecule has 7 heteroatoms. The molecule has 0 radical (unpaired) electrons. The van der Waals surface area contributed by atoms with Crippen molar-refractivity contribution in [1.29, 1.82) is 0 Å². The summed E-state index contributed by atoms with van der Waals surface area (Å²) in [4.78, 5) is 14.6. The molecule has 1 heterocycles. The molecule has 0 unspecified atom stereocenters. The summed E-state index contributed by atoms with van der Waals surface area (Å²) in [6, 6.07) is 3.51. The molecule has 1 aromatic carbocycles. The maximum absolute atomic E-state index is 13.6. The Morgan fingerprint density at radius 1 is 1.07 bits per heavy atom. The maximum atomic E-state index is 13.6. The highest BCUT2D eigenvalue weighted by atomic mass is 19.1. The van der Waals surface area contributed by atoms with E-state index in [0.717, 1.165) is 57.7 Å². The average Bonchev–Trinajstić information content (AvgIpc) is 2.63. The summed E-state index contributed by atoms with van der Waals surface area (Å²) in [7, 11) is 0. The molecule has 27 heavy (non-hydrogen) atoms. The van der Waals surface area contributed by atoms with Crippen LogP contribution in [0.25, 0.3) is 0 Å². The first-order chi connectivity index (χ1) is 13.0. The van der Waals surface area contributed by atoms with Gasteiger partial charge in [-0.2, -0.15) is 0 Å². The number of rotatable bonds is 5. The zero-order chi connectivity index (χ0) is 19.2. The first-order valence-electron chi connectivity index (χ1n) is 9.99. The van der Waals surface area contributed by atoms with E-state index in [1.165, 1.54) is 18.6 Å². The number of piperidine rings is 1.